The van der Waals surface area contributed by atoms with Gasteiger partial charge in [0.2, 0.25) is 0 Å². The first-order chi connectivity index (χ1) is 7.22. The molecule has 0 atom stereocenters. The number of carbonyl (C=O) groups excluding carboxylic acids is 1. The van der Waals surface area contributed by atoms with Crippen LogP contribution in [0.25, 0.3) is 0 Å². The van der Waals surface area contributed by atoms with E-state index in [4.69, 9.17) is 0 Å². The SMILES string of the molecule is BCc1ccc(C(=O)NCC)cc1N=O. The first kappa shape index (κ1) is 11.4. The van der Waals surface area contributed by atoms with Crippen molar-refractivity contribution in [3.63, 3.8) is 0 Å². The Bertz CT molecular complexity index is 380. The normalized spacial score (nSPS) is 9.67. The van der Waals surface area contributed by atoms with Crippen LogP contribution < -0.4 is 5.32 Å². The largest absolute Gasteiger partial charge is 0.352 e. The van der Waals surface area contributed by atoms with Crippen molar-refractivity contribution in [2.75, 3.05) is 6.54 Å². The number of nitrogens with zero attached hydrogens (tertiary/aromatic N) is 1. The molecule has 1 amide bonds. The summed E-state index contributed by atoms with van der Waals surface area (Å²) in [4.78, 5) is 22.0. The van der Waals surface area contributed by atoms with Gasteiger partial charge < -0.3 is 5.32 Å². The highest BCUT2D eigenvalue weighted by molar-refractivity contribution is 6.09. The predicted molar refractivity (Wildman–Crippen MR) is 62.2 cm³/mol. The van der Waals surface area contributed by atoms with E-state index in [1.165, 1.54) is 6.07 Å². The lowest BCUT2D eigenvalue weighted by Crippen LogP contribution is -2.22. The summed E-state index contributed by atoms with van der Waals surface area (Å²) in [5.41, 5.74) is 1.68. The average molecular weight is 204 g/mol. The molecule has 0 aliphatic rings. The zero-order valence-electron chi connectivity index (χ0n) is 8.91. The highest BCUT2D eigenvalue weighted by Gasteiger charge is 2.08. The van der Waals surface area contributed by atoms with E-state index in [-0.39, 0.29) is 5.91 Å². The molecule has 0 unspecified atom stereocenters. The van der Waals surface area contributed by atoms with E-state index in [0.717, 1.165) is 11.9 Å². The molecule has 0 aromatic heterocycles. The fourth-order valence-corrected chi connectivity index (χ4v) is 1.35. The van der Waals surface area contributed by atoms with Crippen LogP contribution in [0.1, 0.15) is 22.8 Å². The fourth-order valence-electron chi connectivity index (χ4n) is 1.35. The average Bonchev–Trinajstić information content (AvgIpc) is 2.28. The molecule has 0 radical (unpaired) electrons. The second-order valence-corrected chi connectivity index (χ2v) is 3.15. The molecule has 4 nitrogen and oxygen atoms in total. The van der Waals surface area contributed by atoms with Crippen LogP contribution in [0.3, 0.4) is 0 Å². The molecule has 1 aromatic rings. The third kappa shape index (κ3) is 2.65. The van der Waals surface area contributed by atoms with Gasteiger partial charge in [-0.1, -0.05) is 12.4 Å². The lowest BCUT2D eigenvalue weighted by Gasteiger charge is -2.04. The topological polar surface area (TPSA) is 58.5 Å². The summed E-state index contributed by atoms with van der Waals surface area (Å²) in [6.45, 7) is 2.41. The molecule has 0 heterocycles. The smallest absolute Gasteiger partial charge is 0.251 e. The van der Waals surface area contributed by atoms with Crippen LogP contribution in [0.15, 0.2) is 23.4 Å². The molecule has 0 saturated carbocycles. The molecule has 0 saturated heterocycles. The molecular formula is C10H13BN2O2. The van der Waals surface area contributed by atoms with E-state index in [1.807, 2.05) is 14.8 Å². The molecular weight excluding hydrogens is 191 g/mol. The maximum absolute atomic E-state index is 11.5. The van der Waals surface area contributed by atoms with Crippen LogP contribution in [0.4, 0.5) is 5.69 Å². The van der Waals surface area contributed by atoms with Gasteiger partial charge in [0.15, 0.2) is 0 Å². The molecule has 78 valence electrons. The van der Waals surface area contributed by atoms with Gasteiger partial charge in [-0.05, 0) is 29.8 Å². The van der Waals surface area contributed by atoms with E-state index in [1.54, 1.807) is 12.1 Å². The minimum absolute atomic E-state index is 0.176. The van der Waals surface area contributed by atoms with Crippen molar-refractivity contribution in [1.82, 2.24) is 5.32 Å². The zero-order chi connectivity index (χ0) is 11.3. The quantitative estimate of drug-likeness (QED) is 0.586. The maximum atomic E-state index is 11.5. The Balaban J connectivity index is 3.02. The molecule has 0 fully saturated rings. The van der Waals surface area contributed by atoms with Gasteiger partial charge in [-0.25, -0.2) is 0 Å². The molecule has 5 heteroatoms. The number of rotatable bonds is 4. The summed E-state index contributed by atoms with van der Waals surface area (Å²) in [5, 5.41) is 5.58. The van der Waals surface area contributed by atoms with Gasteiger partial charge in [-0.2, -0.15) is 0 Å². The van der Waals surface area contributed by atoms with Crippen molar-refractivity contribution in [3.8, 4) is 0 Å². The Morgan fingerprint density at radius 3 is 2.80 bits per heavy atom. The lowest BCUT2D eigenvalue weighted by atomic mass is 9.94. The summed E-state index contributed by atoms with van der Waals surface area (Å²) in [5.74, 6) is -0.176. The molecule has 0 bridgehead atoms. The first-order valence-corrected chi connectivity index (χ1v) is 4.97. The Kier molecular flexibility index (Phi) is 4.03. The number of benzene rings is 1. The molecule has 1 aromatic carbocycles. The maximum Gasteiger partial charge on any atom is 0.251 e. The summed E-state index contributed by atoms with van der Waals surface area (Å²) in [6.07, 6.45) is 0.733. The van der Waals surface area contributed by atoms with E-state index in [0.29, 0.717) is 17.8 Å². The van der Waals surface area contributed by atoms with E-state index in [2.05, 4.69) is 10.5 Å². The minimum Gasteiger partial charge on any atom is -0.352 e. The predicted octanol–water partition coefficient (Wildman–Crippen LogP) is 0.967. The molecule has 0 aliphatic carbocycles. The van der Waals surface area contributed by atoms with E-state index < -0.39 is 0 Å². The van der Waals surface area contributed by atoms with Crippen molar-refractivity contribution < 1.29 is 4.79 Å². The molecule has 1 N–H and O–H groups in total. The second kappa shape index (κ2) is 5.29. The standard InChI is InChI=1S/C10H13BN2O2/c1-2-12-10(14)7-3-4-8(6-11)9(5-7)13-15/h3-5H,2,6,11H2,1H3,(H,12,14). The van der Waals surface area contributed by atoms with Gasteiger partial charge >= 0.3 is 0 Å². The van der Waals surface area contributed by atoms with Crippen LogP contribution in [-0.2, 0) is 6.32 Å². The van der Waals surface area contributed by atoms with Gasteiger partial charge in [-0.3, -0.25) is 4.79 Å². The van der Waals surface area contributed by atoms with Gasteiger partial charge in [0.05, 0.1) is 0 Å². The van der Waals surface area contributed by atoms with Gasteiger partial charge in [0, 0.05) is 12.1 Å². The second-order valence-electron chi connectivity index (χ2n) is 3.15. The van der Waals surface area contributed by atoms with Crippen molar-refractivity contribution in [2.24, 2.45) is 5.18 Å². The van der Waals surface area contributed by atoms with Crippen LogP contribution in [0.5, 0.6) is 0 Å². The van der Waals surface area contributed by atoms with Gasteiger partial charge in [0.25, 0.3) is 5.91 Å². The Morgan fingerprint density at radius 1 is 1.53 bits per heavy atom. The molecule has 15 heavy (non-hydrogen) atoms. The van der Waals surface area contributed by atoms with Crippen LogP contribution in [-0.4, -0.2) is 20.3 Å². The Labute approximate surface area is 89.4 Å². The fraction of sp³-hybridized carbons (Fsp3) is 0.300. The summed E-state index contributed by atoms with van der Waals surface area (Å²) < 4.78 is 0. The number of nitrogens with one attached hydrogen (secondary N) is 1. The Hall–Kier alpha value is -1.65. The monoisotopic (exact) mass is 204 g/mol. The third-order valence-electron chi connectivity index (χ3n) is 2.16. The van der Waals surface area contributed by atoms with Crippen molar-refractivity contribution in [2.45, 2.75) is 13.2 Å². The van der Waals surface area contributed by atoms with Crippen LogP contribution in [0.2, 0.25) is 0 Å². The minimum atomic E-state index is -0.176. The number of hydrogen-bond donors (Lipinski definition) is 1. The highest BCUT2D eigenvalue weighted by Crippen LogP contribution is 2.20. The zero-order valence-corrected chi connectivity index (χ0v) is 8.91. The van der Waals surface area contributed by atoms with Crippen LogP contribution in [0, 0.1) is 4.91 Å². The molecule has 0 spiro atoms. The van der Waals surface area contributed by atoms with Gasteiger partial charge in [0.1, 0.15) is 13.5 Å². The summed E-state index contributed by atoms with van der Waals surface area (Å²) >= 11 is 0. The first-order valence-electron chi connectivity index (χ1n) is 4.97. The lowest BCUT2D eigenvalue weighted by molar-refractivity contribution is 0.0956. The summed E-state index contributed by atoms with van der Waals surface area (Å²) in [6, 6.07) is 5.00. The van der Waals surface area contributed by atoms with Crippen molar-refractivity contribution in [3.05, 3.63) is 34.2 Å². The highest BCUT2D eigenvalue weighted by atomic mass is 16.3. The number of nitroso groups, excluding NO2 is 1. The number of carbonyl (C=O) groups is 1. The van der Waals surface area contributed by atoms with Crippen molar-refractivity contribution in [1.29, 1.82) is 0 Å². The Morgan fingerprint density at radius 2 is 2.27 bits per heavy atom. The van der Waals surface area contributed by atoms with E-state index >= 15 is 0 Å². The molecule has 1 rings (SSSR count). The molecule has 0 aliphatic heterocycles. The third-order valence-corrected chi connectivity index (χ3v) is 2.16. The number of amides is 1. The number of hydrogen-bond acceptors (Lipinski definition) is 3. The van der Waals surface area contributed by atoms with E-state index in [9.17, 15) is 9.70 Å². The van der Waals surface area contributed by atoms with Gasteiger partial charge in [-0.15, -0.1) is 4.91 Å². The summed E-state index contributed by atoms with van der Waals surface area (Å²) in [7, 11) is 1.94. The van der Waals surface area contributed by atoms with Crippen LogP contribution >= 0.6 is 0 Å². The van der Waals surface area contributed by atoms with Crippen molar-refractivity contribution >= 4 is 19.4 Å².